The van der Waals surface area contributed by atoms with Crippen LogP contribution in [0.3, 0.4) is 0 Å². The molecule has 0 spiro atoms. The zero-order valence-corrected chi connectivity index (χ0v) is 16.9. The van der Waals surface area contributed by atoms with Crippen LogP contribution in [-0.4, -0.2) is 43.4 Å². The maximum atomic E-state index is 6.00. The fourth-order valence-electron chi connectivity index (χ4n) is 3.44. The van der Waals surface area contributed by atoms with Crippen LogP contribution in [0.25, 0.3) is 0 Å². The average Bonchev–Trinajstić information content (AvgIpc) is 2.75. The summed E-state index contributed by atoms with van der Waals surface area (Å²) < 4.78 is 5.39. The van der Waals surface area contributed by atoms with Crippen LogP contribution in [-0.2, 0) is 11.2 Å². The van der Waals surface area contributed by atoms with Crippen LogP contribution in [0.5, 0.6) is 0 Å². The first-order chi connectivity index (χ1) is 12.0. The molecule has 0 aromatic heterocycles. The quantitative estimate of drug-likeness (QED) is 0.382. The highest BCUT2D eigenvalue weighted by molar-refractivity contribution is 6.17. The lowest BCUT2D eigenvalue weighted by atomic mass is 9.88. The molecule has 1 aromatic rings. The minimum Gasteiger partial charge on any atom is -0.382 e. The molecule has 0 bridgehead atoms. The Labute approximate surface area is 158 Å². The molecule has 0 aliphatic carbocycles. The van der Waals surface area contributed by atoms with Crippen molar-refractivity contribution in [3.05, 3.63) is 35.4 Å². The maximum Gasteiger partial charge on any atom is 0.0859 e. The van der Waals surface area contributed by atoms with Crippen molar-refractivity contribution in [3.63, 3.8) is 0 Å². The van der Waals surface area contributed by atoms with Crippen molar-refractivity contribution in [2.45, 2.75) is 58.5 Å². The van der Waals surface area contributed by atoms with Crippen LogP contribution in [0.15, 0.2) is 29.3 Å². The van der Waals surface area contributed by atoms with Crippen LogP contribution >= 0.6 is 11.6 Å². The van der Waals surface area contributed by atoms with Crippen LogP contribution in [0.1, 0.15) is 57.2 Å². The molecule has 3 nitrogen and oxygen atoms in total. The summed E-state index contributed by atoms with van der Waals surface area (Å²) in [6.07, 6.45) is 6.46. The lowest BCUT2D eigenvalue weighted by Gasteiger charge is -2.31. The van der Waals surface area contributed by atoms with Gasteiger partial charge in [0.15, 0.2) is 0 Å². The highest BCUT2D eigenvalue weighted by Gasteiger charge is 2.26. The third-order valence-electron chi connectivity index (χ3n) is 5.01. The standard InChI is InChI=1S/C21H33ClN2O/c1-21(2,3)20(15-25-4)23-16-24-14-8-10-17-9-5-6-11-18(17)19(24)12-7-13-22/h5-6,9,11,16,19-20H,7-8,10,12-15H2,1-4H3. The number of hydrogen-bond acceptors (Lipinski definition) is 2. The van der Waals surface area contributed by atoms with Crippen LogP contribution in [0, 0.1) is 5.41 Å². The molecule has 1 heterocycles. The van der Waals surface area contributed by atoms with Crippen molar-refractivity contribution in [1.82, 2.24) is 4.90 Å². The number of aliphatic imine (C=N–C) groups is 1. The van der Waals surface area contributed by atoms with Gasteiger partial charge in [-0.25, -0.2) is 0 Å². The second kappa shape index (κ2) is 9.59. The predicted molar refractivity (Wildman–Crippen MR) is 108 cm³/mol. The molecular formula is C21H33ClN2O. The monoisotopic (exact) mass is 364 g/mol. The Morgan fingerprint density at radius 3 is 2.80 bits per heavy atom. The second-order valence-corrected chi connectivity index (χ2v) is 8.37. The van der Waals surface area contributed by atoms with Gasteiger partial charge >= 0.3 is 0 Å². The number of fused-ring (bicyclic) bond motifs is 1. The van der Waals surface area contributed by atoms with Crippen molar-refractivity contribution in [3.8, 4) is 0 Å². The zero-order valence-electron chi connectivity index (χ0n) is 16.2. The fraction of sp³-hybridized carbons (Fsp3) is 0.667. The molecular weight excluding hydrogens is 332 g/mol. The normalized spacial score (nSPS) is 19.7. The van der Waals surface area contributed by atoms with Crippen molar-refractivity contribution in [2.24, 2.45) is 10.4 Å². The number of benzene rings is 1. The minimum atomic E-state index is 0.0852. The van der Waals surface area contributed by atoms with Crippen LogP contribution in [0.4, 0.5) is 0 Å². The fourth-order valence-corrected chi connectivity index (χ4v) is 3.60. The first-order valence-electron chi connectivity index (χ1n) is 9.39. The van der Waals surface area contributed by atoms with E-state index in [1.165, 1.54) is 11.1 Å². The van der Waals surface area contributed by atoms with Crippen LogP contribution in [0.2, 0.25) is 0 Å². The summed E-state index contributed by atoms with van der Waals surface area (Å²) in [5.41, 5.74) is 3.00. The average molecular weight is 365 g/mol. The van der Waals surface area contributed by atoms with E-state index in [0.717, 1.165) is 32.2 Å². The SMILES string of the molecule is COCC(N=CN1CCCc2ccccc2C1CCCCl)C(C)(C)C. The molecule has 1 aromatic carbocycles. The van der Waals surface area contributed by atoms with Gasteiger partial charge in [-0.05, 0) is 42.2 Å². The van der Waals surface area contributed by atoms with Gasteiger partial charge < -0.3 is 9.64 Å². The third-order valence-corrected chi connectivity index (χ3v) is 5.27. The van der Waals surface area contributed by atoms with Gasteiger partial charge in [0, 0.05) is 19.5 Å². The maximum absolute atomic E-state index is 6.00. The lowest BCUT2D eigenvalue weighted by molar-refractivity contribution is 0.135. The molecule has 2 rings (SSSR count). The highest BCUT2D eigenvalue weighted by atomic mass is 35.5. The summed E-state index contributed by atoms with van der Waals surface area (Å²) in [7, 11) is 1.75. The molecule has 0 fully saturated rings. The zero-order chi connectivity index (χ0) is 18.3. The topological polar surface area (TPSA) is 24.8 Å². The summed E-state index contributed by atoms with van der Waals surface area (Å²) >= 11 is 6.00. The Morgan fingerprint density at radius 2 is 2.12 bits per heavy atom. The van der Waals surface area contributed by atoms with E-state index in [-0.39, 0.29) is 11.5 Å². The molecule has 140 valence electrons. The summed E-state index contributed by atoms with van der Waals surface area (Å²) in [6.45, 7) is 8.34. The summed E-state index contributed by atoms with van der Waals surface area (Å²) in [4.78, 5) is 7.35. The third kappa shape index (κ3) is 5.72. The van der Waals surface area contributed by atoms with E-state index >= 15 is 0 Å². The molecule has 0 radical (unpaired) electrons. The van der Waals surface area contributed by atoms with Gasteiger partial charge in [0.25, 0.3) is 0 Å². The number of rotatable bonds is 7. The Morgan fingerprint density at radius 1 is 1.36 bits per heavy atom. The minimum absolute atomic E-state index is 0.0852. The van der Waals surface area contributed by atoms with Crippen LogP contribution < -0.4 is 0 Å². The Balaban J connectivity index is 2.25. The van der Waals surface area contributed by atoms with E-state index in [9.17, 15) is 0 Å². The molecule has 25 heavy (non-hydrogen) atoms. The number of alkyl halides is 1. The Hall–Kier alpha value is -1.06. The van der Waals surface area contributed by atoms with Gasteiger partial charge in [0.05, 0.1) is 25.0 Å². The highest BCUT2D eigenvalue weighted by Crippen LogP contribution is 2.32. The van der Waals surface area contributed by atoms with Crippen molar-refractivity contribution in [1.29, 1.82) is 0 Å². The number of aryl methyl sites for hydroxylation is 1. The number of methoxy groups -OCH3 is 1. The van der Waals surface area contributed by atoms with Gasteiger partial charge in [0.2, 0.25) is 0 Å². The van der Waals surface area contributed by atoms with Gasteiger partial charge in [-0.15, -0.1) is 11.6 Å². The van der Waals surface area contributed by atoms with E-state index in [1.54, 1.807) is 7.11 Å². The van der Waals surface area contributed by atoms with E-state index in [0.29, 0.717) is 18.5 Å². The molecule has 0 amide bonds. The number of ether oxygens (including phenoxy) is 1. The molecule has 0 saturated carbocycles. The molecule has 1 aliphatic heterocycles. The van der Waals surface area contributed by atoms with E-state index in [2.05, 4.69) is 56.3 Å². The molecule has 0 N–H and O–H groups in total. The smallest absolute Gasteiger partial charge is 0.0859 e. The summed E-state index contributed by atoms with van der Waals surface area (Å²) in [6, 6.07) is 9.36. The first-order valence-corrected chi connectivity index (χ1v) is 9.92. The Bertz CT molecular complexity index is 553. The second-order valence-electron chi connectivity index (χ2n) is 7.99. The van der Waals surface area contributed by atoms with E-state index in [1.807, 2.05) is 0 Å². The molecule has 1 aliphatic rings. The molecule has 4 heteroatoms. The molecule has 2 atom stereocenters. The van der Waals surface area contributed by atoms with Gasteiger partial charge in [0.1, 0.15) is 0 Å². The number of halogens is 1. The number of nitrogens with zero attached hydrogens (tertiary/aromatic N) is 2. The lowest BCUT2D eigenvalue weighted by Crippen LogP contribution is -2.33. The first kappa shape index (κ1) is 20.3. The predicted octanol–water partition coefficient (Wildman–Crippen LogP) is 5.08. The van der Waals surface area contributed by atoms with E-state index in [4.69, 9.17) is 21.3 Å². The molecule has 0 saturated heterocycles. The largest absolute Gasteiger partial charge is 0.382 e. The van der Waals surface area contributed by atoms with Gasteiger partial charge in [-0.1, -0.05) is 45.0 Å². The Kier molecular flexibility index (Phi) is 7.77. The van der Waals surface area contributed by atoms with Crippen molar-refractivity contribution >= 4 is 17.9 Å². The molecule has 2 unspecified atom stereocenters. The van der Waals surface area contributed by atoms with E-state index < -0.39 is 0 Å². The van der Waals surface area contributed by atoms with Gasteiger partial charge in [-0.3, -0.25) is 4.99 Å². The van der Waals surface area contributed by atoms with Gasteiger partial charge in [-0.2, -0.15) is 0 Å². The van der Waals surface area contributed by atoms with Crippen molar-refractivity contribution < 1.29 is 4.74 Å². The van der Waals surface area contributed by atoms with Crippen molar-refractivity contribution in [2.75, 3.05) is 26.1 Å². The number of hydrogen-bond donors (Lipinski definition) is 0. The summed E-state index contributed by atoms with van der Waals surface area (Å²) in [5.74, 6) is 0.706. The summed E-state index contributed by atoms with van der Waals surface area (Å²) in [5, 5.41) is 0.